The number of nitrogens with zero attached hydrogens (tertiary/aromatic N) is 6. The van der Waals surface area contributed by atoms with Gasteiger partial charge in [0.25, 0.3) is 5.91 Å². The van der Waals surface area contributed by atoms with Crippen molar-refractivity contribution < 1.29 is 19.2 Å². The van der Waals surface area contributed by atoms with E-state index in [4.69, 9.17) is 14.5 Å². The highest BCUT2D eigenvalue weighted by Gasteiger charge is 2.20. The summed E-state index contributed by atoms with van der Waals surface area (Å²) in [5.41, 5.74) is 1.76. The lowest BCUT2D eigenvalue weighted by atomic mass is 10.2. The van der Waals surface area contributed by atoms with Gasteiger partial charge in [0.15, 0.2) is 11.5 Å². The molecule has 0 fully saturated rings. The van der Waals surface area contributed by atoms with Gasteiger partial charge in [-0.25, -0.2) is 19.6 Å². The molecule has 0 bridgehead atoms. The summed E-state index contributed by atoms with van der Waals surface area (Å²) in [6, 6.07) is 13.5. The highest BCUT2D eigenvalue weighted by atomic mass is 32.1. The van der Waals surface area contributed by atoms with E-state index in [9.17, 15) is 14.9 Å². The quantitative estimate of drug-likeness (QED) is 0.207. The van der Waals surface area contributed by atoms with Crippen LogP contribution in [0, 0.1) is 10.1 Å². The molecule has 0 aliphatic rings. The van der Waals surface area contributed by atoms with E-state index in [-0.39, 0.29) is 15.7 Å². The molecule has 0 aliphatic carbocycles. The molecular weight excluding hydrogens is 510 g/mol. The minimum Gasteiger partial charge on any atom is -0.497 e. The maximum Gasteiger partial charge on any atom is 0.324 e. The van der Waals surface area contributed by atoms with Crippen LogP contribution >= 0.6 is 11.3 Å². The van der Waals surface area contributed by atoms with Crippen molar-refractivity contribution in [1.29, 1.82) is 0 Å². The number of hydrogen-bond donors (Lipinski definition) is 1. The van der Waals surface area contributed by atoms with Crippen LogP contribution in [0.5, 0.6) is 11.6 Å². The van der Waals surface area contributed by atoms with Crippen LogP contribution in [-0.4, -0.2) is 49.3 Å². The molecule has 0 radical (unpaired) electrons. The van der Waals surface area contributed by atoms with Crippen LogP contribution in [0.3, 0.4) is 0 Å². The third-order valence-corrected chi connectivity index (χ3v) is 6.46. The predicted octanol–water partition coefficient (Wildman–Crippen LogP) is 4.90. The van der Waals surface area contributed by atoms with Crippen molar-refractivity contribution in [3.63, 3.8) is 0 Å². The molecule has 1 amide bonds. The van der Waals surface area contributed by atoms with Gasteiger partial charge in [0.2, 0.25) is 5.88 Å². The van der Waals surface area contributed by atoms with Gasteiger partial charge in [0, 0.05) is 23.9 Å². The average molecular weight is 532 g/mol. The number of aromatic nitrogens is 5. The zero-order chi connectivity index (χ0) is 26.6. The number of carbonyl (C=O) groups excluding carboxylic acids is 1. The highest BCUT2D eigenvalue weighted by molar-refractivity contribution is 7.17. The van der Waals surface area contributed by atoms with Crippen LogP contribution in [0.25, 0.3) is 28.1 Å². The molecule has 12 nitrogen and oxygen atoms in total. The molecule has 0 aliphatic heterocycles. The van der Waals surface area contributed by atoms with Crippen LogP contribution in [0.15, 0.2) is 60.9 Å². The van der Waals surface area contributed by atoms with Crippen LogP contribution in [0.4, 0.5) is 10.8 Å². The van der Waals surface area contributed by atoms with Gasteiger partial charge in [0.1, 0.15) is 11.6 Å². The normalized spacial score (nSPS) is 10.9. The van der Waals surface area contributed by atoms with Crippen molar-refractivity contribution >= 4 is 39.1 Å². The summed E-state index contributed by atoms with van der Waals surface area (Å²) in [6.45, 7) is 2.56. The molecule has 0 unspecified atom stereocenters. The predicted molar refractivity (Wildman–Crippen MR) is 141 cm³/mol. The van der Waals surface area contributed by atoms with Crippen molar-refractivity contribution in [3.05, 3.63) is 75.9 Å². The van der Waals surface area contributed by atoms with E-state index >= 15 is 0 Å². The van der Waals surface area contributed by atoms with Crippen molar-refractivity contribution in [3.8, 4) is 28.7 Å². The molecule has 4 heterocycles. The maximum atomic E-state index is 13.0. The molecule has 5 aromatic rings. The number of ether oxygens (including phenoxy) is 2. The molecule has 0 atom stereocenters. The molecule has 0 saturated heterocycles. The lowest BCUT2D eigenvalue weighted by molar-refractivity contribution is -0.380. The summed E-state index contributed by atoms with van der Waals surface area (Å²) in [5.74, 6) is 1.14. The lowest BCUT2D eigenvalue weighted by Gasteiger charge is -2.10. The molecule has 192 valence electrons. The Hall–Kier alpha value is -4.91. The van der Waals surface area contributed by atoms with Crippen molar-refractivity contribution in [2.45, 2.75) is 13.3 Å². The largest absolute Gasteiger partial charge is 0.497 e. The number of anilines is 1. The van der Waals surface area contributed by atoms with Crippen molar-refractivity contribution in [2.75, 3.05) is 19.0 Å². The number of hydrogen-bond acceptors (Lipinski definition) is 10. The number of amides is 1. The SMILES string of the molecule is CCCOc1ccc(-c2nc(NC(=O)c3ccc([N+](=O)[O-])s3)c3cnn(-c4ccc(OC)cc4)c3n2)cn1. The molecule has 1 N–H and O–H groups in total. The number of thiophene rings is 1. The lowest BCUT2D eigenvalue weighted by Crippen LogP contribution is -2.12. The molecular formula is C25H21N7O5S. The number of methoxy groups -OCH3 is 1. The molecule has 5 rings (SSSR count). The minimum atomic E-state index is -0.539. The van der Waals surface area contributed by atoms with Gasteiger partial charge in [-0.2, -0.15) is 5.10 Å². The summed E-state index contributed by atoms with van der Waals surface area (Å²) < 4.78 is 12.4. The molecule has 0 spiro atoms. The summed E-state index contributed by atoms with van der Waals surface area (Å²) in [4.78, 5) is 37.3. The number of rotatable bonds is 9. The highest BCUT2D eigenvalue weighted by Crippen LogP contribution is 2.29. The first-order chi connectivity index (χ1) is 18.5. The fourth-order valence-corrected chi connectivity index (χ4v) is 4.28. The van der Waals surface area contributed by atoms with Gasteiger partial charge in [0.05, 0.1) is 40.8 Å². The van der Waals surface area contributed by atoms with E-state index in [2.05, 4.69) is 20.4 Å². The topological polar surface area (TPSA) is 147 Å². The molecule has 1 aromatic carbocycles. The zero-order valence-electron chi connectivity index (χ0n) is 20.3. The Labute approximate surface area is 220 Å². The summed E-state index contributed by atoms with van der Waals surface area (Å²) in [5, 5.41) is 18.7. The Bertz CT molecular complexity index is 1610. The van der Waals surface area contributed by atoms with E-state index < -0.39 is 10.8 Å². The molecule has 0 saturated carbocycles. The van der Waals surface area contributed by atoms with E-state index in [0.717, 1.165) is 23.4 Å². The third-order valence-electron chi connectivity index (χ3n) is 5.42. The Morgan fingerprint density at radius 1 is 1.11 bits per heavy atom. The molecule has 13 heteroatoms. The molecule has 38 heavy (non-hydrogen) atoms. The minimum absolute atomic E-state index is 0.132. The number of benzene rings is 1. The number of pyridine rings is 1. The maximum absolute atomic E-state index is 13.0. The van der Waals surface area contributed by atoms with Crippen molar-refractivity contribution in [1.82, 2.24) is 24.7 Å². The Morgan fingerprint density at radius 3 is 2.58 bits per heavy atom. The third kappa shape index (κ3) is 4.99. The van der Waals surface area contributed by atoms with Crippen LogP contribution in [0.2, 0.25) is 0 Å². The second kappa shape index (κ2) is 10.6. The van der Waals surface area contributed by atoms with Crippen LogP contribution in [0.1, 0.15) is 23.0 Å². The smallest absolute Gasteiger partial charge is 0.324 e. The first-order valence-electron chi connectivity index (χ1n) is 11.5. The second-order valence-electron chi connectivity index (χ2n) is 7.97. The number of nitrogens with one attached hydrogen (secondary N) is 1. The number of fused-ring (bicyclic) bond motifs is 1. The Kier molecular flexibility index (Phi) is 6.91. The van der Waals surface area contributed by atoms with Crippen LogP contribution < -0.4 is 14.8 Å². The first kappa shape index (κ1) is 24.8. The standard InChI is InChI=1S/C25H21N7O5S/c1-3-12-37-20-10-4-15(13-26-20)22-28-23(30-25(33)19-9-11-21(38-19)32(34)35)18-14-27-31(24(18)29-22)16-5-7-17(36-2)8-6-16/h4-11,13-14H,3,12H2,1-2H3,(H,28,29,30,33). The zero-order valence-corrected chi connectivity index (χ0v) is 21.1. The van der Waals surface area contributed by atoms with Gasteiger partial charge in [-0.3, -0.25) is 14.9 Å². The fourth-order valence-electron chi connectivity index (χ4n) is 3.57. The fraction of sp³-hybridized carbons (Fsp3) is 0.160. The van der Waals surface area contributed by atoms with E-state index in [1.54, 1.807) is 48.5 Å². The first-order valence-corrected chi connectivity index (χ1v) is 12.3. The molecule has 4 aromatic heterocycles. The van der Waals surface area contributed by atoms with E-state index in [0.29, 0.717) is 40.7 Å². The van der Waals surface area contributed by atoms with E-state index in [1.807, 2.05) is 19.1 Å². The number of nitro groups is 1. The van der Waals surface area contributed by atoms with Gasteiger partial charge >= 0.3 is 5.00 Å². The number of carbonyl (C=O) groups is 1. The van der Waals surface area contributed by atoms with Crippen LogP contribution in [-0.2, 0) is 0 Å². The van der Waals surface area contributed by atoms with Gasteiger partial charge in [-0.05, 0) is 42.8 Å². The second-order valence-corrected chi connectivity index (χ2v) is 9.03. The Morgan fingerprint density at radius 2 is 1.92 bits per heavy atom. The summed E-state index contributed by atoms with van der Waals surface area (Å²) in [7, 11) is 1.58. The summed E-state index contributed by atoms with van der Waals surface area (Å²) in [6.07, 6.45) is 4.00. The average Bonchev–Trinajstić information content (AvgIpc) is 3.61. The summed E-state index contributed by atoms with van der Waals surface area (Å²) >= 11 is 0.777. The monoisotopic (exact) mass is 531 g/mol. The van der Waals surface area contributed by atoms with Gasteiger partial charge in [-0.1, -0.05) is 18.3 Å². The van der Waals surface area contributed by atoms with E-state index in [1.165, 1.54) is 12.1 Å². The Balaban J connectivity index is 1.58. The van der Waals surface area contributed by atoms with Gasteiger partial charge in [-0.15, -0.1) is 0 Å². The van der Waals surface area contributed by atoms with Gasteiger partial charge < -0.3 is 14.8 Å². The van der Waals surface area contributed by atoms with Crippen molar-refractivity contribution in [2.24, 2.45) is 0 Å².